The number of ether oxygens (including phenoxy) is 1. The van der Waals surface area contributed by atoms with E-state index in [0.717, 1.165) is 17.7 Å². The van der Waals surface area contributed by atoms with Gasteiger partial charge in [0.15, 0.2) is 0 Å². The van der Waals surface area contributed by atoms with Gasteiger partial charge < -0.3 is 4.74 Å². The first kappa shape index (κ1) is 14.7. The van der Waals surface area contributed by atoms with Crippen molar-refractivity contribution in [1.29, 1.82) is 0 Å². The van der Waals surface area contributed by atoms with E-state index in [9.17, 15) is 13.2 Å². The molecule has 1 aromatic carbocycles. The number of hydrogen-bond donors (Lipinski definition) is 0. The molecule has 2 nitrogen and oxygen atoms in total. The van der Waals surface area contributed by atoms with E-state index in [2.05, 4.69) is 4.98 Å². The molecule has 0 amide bonds. The van der Waals surface area contributed by atoms with E-state index < -0.39 is 11.7 Å². The molecule has 0 aliphatic carbocycles. The van der Waals surface area contributed by atoms with Gasteiger partial charge in [-0.15, -0.1) is 0 Å². The molecular formula is C14H11ClF3NO. The normalized spacial score (nSPS) is 11.4. The van der Waals surface area contributed by atoms with Crippen LogP contribution in [0.25, 0.3) is 0 Å². The molecule has 1 aromatic heterocycles. The highest BCUT2D eigenvalue weighted by Gasteiger charge is 2.29. The van der Waals surface area contributed by atoms with E-state index in [1.165, 1.54) is 18.3 Å². The molecule has 0 aliphatic rings. The van der Waals surface area contributed by atoms with Gasteiger partial charge in [0.05, 0.1) is 18.4 Å². The summed E-state index contributed by atoms with van der Waals surface area (Å²) in [5, 5.41) is 0.375. The van der Waals surface area contributed by atoms with Gasteiger partial charge in [-0.3, -0.25) is 0 Å². The van der Waals surface area contributed by atoms with Crippen molar-refractivity contribution >= 4 is 11.6 Å². The van der Waals surface area contributed by atoms with E-state index in [1.54, 1.807) is 12.1 Å². The Morgan fingerprint density at radius 2 is 1.75 bits per heavy atom. The highest BCUT2D eigenvalue weighted by Crippen LogP contribution is 2.29. The average molecular weight is 302 g/mol. The third-order valence-corrected chi connectivity index (χ3v) is 2.86. The lowest BCUT2D eigenvalue weighted by atomic mass is 10.1. The minimum absolute atomic E-state index is 0.356. The number of alkyl halides is 3. The Labute approximate surface area is 119 Å². The number of halogens is 4. The molecular weight excluding hydrogens is 291 g/mol. The van der Waals surface area contributed by atoms with Crippen LogP contribution in [0.3, 0.4) is 0 Å². The summed E-state index contributed by atoms with van der Waals surface area (Å²) in [7, 11) is 0. The fourth-order valence-corrected chi connectivity index (χ4v) is 1.71. The van der Waals surface area contributed by atoms with E-state index in [1.807, 2.05) is 0 Å². The summed E-state index contributed by atoms with van der Waals surface area (Å²) in [6, 6.07) is 8.33. The molecule has 2 aromatic rings. The van der Waals surface area contributed by atoms with E-state index in [-0.39, 0.29) is 0 Å². The van der Waals surface area contributed by atoms with Gasteiger partial charge in [-0.05, 0) is 29.8 Å². The minimum Gasteiger partial charge on any atom is -0.492 e. The Hall–Kier alpha value is -1.75. The van der Waals surface area contributed by atoms with Crippen LogP contribution < -0.4 is 4.74 Å². The summed E-state index contributed by atoms with van der Waals surface area (Å²) in [4.78, 5) is 3.86. The lowest BCUT2D eigenvalue weighted by Gasteiger charge is -2.08. The number of rotatable bonds is 4. The first-order chi connectivity index (χ1) is 9.45. The third-order valence-electron chi connectivity index (χ3n) is 2.64. The minimum atomic E-state index is -4.30. The standard InChI is InChI=1S/C14H11ClF3NO/c15-13-6-5-12(9-19-13)20-8-7-10-1-3-11(4-2-10)14(16,17)18/h1-6,9H,7-8H2. The number of pyridine rings is 1. The van der Waals surface area contributed by atoms with Crippen LogP contribution in [0.4, 0.5) is 13.2 Å². The van der Waals surface area contributed by atoms with Crippen molar-refractivity contribution in [2.75, 3.05) is 6.61 Å². The molecule has 0 atom stereocenters. The highest BCUT2D eigenvalue weighted by molar-refractivity contribution is 6.29. The van der Waals surface area contributed by atoms with Crippen LogP contribution in [0.5, 0.6) is 5.75 Å². The molecule has 106 valence electrons. The molecule has 0 radical (unpaired) electrons. The van der Waals surface area contributed by atoms with Crippen molar-refractivity contribution in [2.24, 2.45) is 0 Å². The van der Waals surface area contributed by atoms with Gasteiger partial charge in [0, 0.05) is 6.42 Å². The summed E-state index contributed by atoms with van der Waals surface area (Å²) < 4.78 is 42.6. The van der Waals surface area contributed by atoms with Gasteiger partial charge in [-0.1, -0.05) is 23.7 Å². The SMILES string of the molecule is FC(F)(F)c1ccc(CCOc2ccc(Cl)nc2)cc1. The molecule has 20 heavy (non-hydrogen) atoms. The van der Waals surface area contributed by atoms with Crippen molar-refractivity contribution in [2.45, 2.75) is 12.6 Å². The molecule has 0 spiro atoms. The lowest BCUT2D eigenvalue weighted by molar-refractivity contribution is -0.137. The van der Waals surface area contributed by atoms with E-state index in [0.29, 0.717) is 23.9 Å². The van der Waals surface area contributed by atoms with E-state index >= 15 is 0 Å². The van der Waals surface area contributed by atoms with E-state index in [4.69, 9.17) is 16.3 Å². The van der Waals surface area contributed by atoms with Crippen LogP contribution >= 0.6 is 11.6 Å². The van der Waals surface area contributed by atoms with Crippen LogP contribution in [0.2, 0.25) is 5.15 Å². The summed E-state index contributed by atoms with van der Waals surface area (Å²) in [6.45, 7) is 0.356. The Balaban J connectivity index is 1.87. The zero-order valence-corrected chi connectivity index (χ0v) is 11.1. The van der Waals surface area contributed by atoms with Crippen LogP contribution in [-0.4, -0.2) is 11.6 Å². The molecule has 6 heteroatoms. The fraction of sp³-hybridized carbons (Fsp3) is 0.214. The van der Waals surface area contributed by atoms with Gasteiger partial charge in [-0.25, -0.2) is 4.98 Å². The predicted octanol–water partition coefficient (Wildman–Crippen LogP) is 4.38. The fourth-order valence-electron chi connectivity index (χ4n) is 1.59. The number of benzene rings is 1. The zero-order valence-electron chi connectivity index (χ0n) is 10.3. The molecule has 2 rings (SSSR count). The second-order valence-electron chi connectivity index (χ2n) is 4.11. The Kier molecular flexibility index (Phi) is 4.49. The maximum Gasteiger partial charge on any atom is 0.416 e. The molecule has 0 saturated carbocycles. The van der Waals surface area contributed by atoms with Crippen molar-refractivity contribution in [3.05, 3.63) is 58.9 Å². The zero-order chi connectivity index (χ0) is 14.6. The summed E-state index contributed by atoms with van der Waals surface area (Å²) in [5.41, 5.74) is 0.129. The van der Waals surface area contributed by atoms with Crippen LogP contribution in [0.15, 0.2) is 42.6 Å². The first-order valence-electron chi connectivity index (χ1n) is 5.85. The summed E-state index contributed by atoms with van der Waals surface area (Å²) in [5.74, 6) is 0.571. The molecule has 0 saturated heterocycles. The van der Waals surface area contributed by atoms with Crippen LogP contribution in [0, 0.1) is 0 Å². The largest absolute Gasteiger partial charge is 0.492 e. The Morgan fingerprint density at radius 3 is 2.30 bits per heavy atom. The van der Waals surface area contributed by atoms with Crippen LogP contribution in [0.1, 0.15) is 11.1 Å². The molecule has 1 heterocycles. The van der Waals surface area contributed by atoms with Crippen molar-refractivity contribution in [1.82, 2.24) is 4.98 Å². The number of aromatic nitrogens is 1. The average Bonchev–Trinajstić information content (AvgIpc) is 2.41. The van der Waals surface area contributed by atoms with Crippen molar-refractivity contribution in [3.63, 3.8) is 0 Å². The quantitative estimate of drug-likeness (QED) is 0.782. The van der Waals surface area contributed by atoms with Crippen molar-refractivity contribution in [3.8, 4) is 5.75 Å². The molecule has 0 N–H and O–H groups in total. The van der Waals surface area contributed by atoms with Gasteiger partial charge >= 0.3 is 6.18 Å². The first-order valence-corrected chi connectivity index (χ1v) is 6.23. The number of nitrogens with zero attached hydrogens (tertiary/aromatic N) is 1. The summed E-state index contributed by atoms with van der Waals surface area (Å²) in [6.07, 6.45) is -2.29. The van der Waals surface area contributed by atoms with Gasteiger partial charge in [0.1, 0.15) is 10.9 Å². The third kappa shape index (κ3) is 4.13. The maximum absolute atomic E-state index is 12.4. The molecule has 0 aliphatic heterocycles. The monoisotopic (exact) mass is 301 g/mol. The number of hydrogen-bond acceptors (Lipinski definition) is 2. The summed E-state index contributed by atoms with van der Waals surface area (Å²) >= 11 is 5.63. The topological polar surface area (TPSA) is 22.1 Å². The second kappa shape index (κ2) is 6.13. The van der Waals surface area contributed by atoms with Crippen molar-refractivity contribution < 1.29 is 17.9 Å². The Bertz CT molecular complexity index is 552. The van der Waals surface area contributed by atoms with Crippen LogP contribution in [-0.2, 0) is 12.6 Å². The van der Waals surface area contributed by atoms with Gasteiger partial charge in [0.2, 0.25) is 0 Å². The Morgan fingerprint density at radius 1 is 1.05 bits per heavy atom. The smallest absolute Gasteiger partial charge is 0.416 e. The predicted molar refractivity (Wildman–Crippen MR) is 69.9 cm³/mol. The second-order valence-corrected chi connectivity index (χ2v) is 4.50. The highest BCUT2D eigenvalue weighted by atomic mass is 35.5. The maximum atomic E-state index is 12.4. The lowest BCUT2D eigenvalue weighted by Crippen LogP contribution is -2.05. The molecule has 0 bridgehead atoms. The van der Waals surface area contributed by atoms with Gasteiger partial charge in [-0.2, -0.15) is 13.2 Å². The van der Waals surface area contributed by atoms with Gasteiger partial charge in [0.25, 0.3) is 0 Å². The molecule has 0 fully saturated rings. The molecule has 0 unspecified atom stereocenters.